The van der Waals surface area contributed by atoms with Crippen molar-refractivity contribution < 1.29 is 9.53 Å². The number of carbonyl (C=O) groups is 1. The third kappa shape index (κ3) is 2.98. The van der Waals surface area contributed by atoms with Crippen LogP contribution < -0.4 is 4.90 Å². The molecular weight excluding hydrogens is 298 g/mol. The van der Waals surface area contributed by atoms with Gasteiger partial charge in [-0.3, -0.25) is 4.90 Å². The number of rotatable bonds is 4. The molecule has 0 bridgehead atoms. The van der Waals surface area contributed by atoms with Crippen molar-refractivity contribution >= 4 is 17.9 Å². The maximum absolute atomic E-state index is 12.7. The molecule has 2 aromatic rings. The molecule has 0 aromatic heterocycles. The lowest BCUT2D eigenvalue weighted by Gasteiger charge is -2.36. The number of ether oxygens (including phenoxy) is 1. The summed E-state index contributed by atoms with van der Waals surface area (Å²) in [6, 6.07) is 17.8. The first-order valence-electron chi connectivity index (χ1n) is 8.17. The summed E-state index contributed by atoms with van der Waals surface area (Å²) in [5, 5.41) is 0. The van der Waals surface area contributed by atoms with E-state index in [4.69, 9.17) is 4.74 Å². The van der Waals surface area contributed by atoms with Crippen LogP contribution in [0.1, 0.15) is 24.0 Å². The Labute approximate surface area is 142 Å². The van der Waals surface area contributed by atoms with E-state index in [0.29, 0.717) is 6.61 Å². The van der Waals surface area contributed by atoms with E-state index in [2.05, 4.69) is 30.9 Å². The van der Waals surface area contributed by atoms with Gasteiger partial charge in [0.2, 0.25) is 0 Å². The summed E-state index contributed by atoms with van der Waals surface area (Å²) in [4.78, 5) is 14.4. The number of benzene rings is 2. The second-order valence-electron chi connectivity index (χ2n) is 5.65. The van der Waals surface area contributed by atoms with E-state index in [0.717, 1.165) is 16.8 Å². The smallest absolute Gasteiger partial charge is 0.414 e. The average molecular weight is 319 g/mol. The van der Waals surface area contributed by atoms with Gasteiger partial charge in [0, 0.05) is 5.92 Å². The van der Waals surface area contributed by atoms with Gasteiger partial charge in [-0.15, -0.1) is 6.58 Å². The number of para-hydroxylation sites is 1. The maximum atomic E-state index is 12.7. The summed E-state index contributed by atoms with van der Waals surface area (Å²) in [5.41, 5.74) is 3.00. The third-order valence-electron chi connectivity index (χ3n) is 4.24. The van der Waals surface area contributed by atoms with Crippen molar-refractivity contribution in [3.63, 3.8) is 0 Å². The molecule has 1 heterocycles. The Kier molecular flexibility index (Phi) is 4.80. The number of nitrogens with zero attached hydrogens (tertiary/aromatic N) is 1. The van der Waals surface area contributed by atoms with Crippen LogP contribution in [0.15, 0.2) is 73.3 Å². The van der Waals surface area contributed by atoms with Gasteiger partial charge in [0.1, 0.15) is 0 Å². The molecule has 0 spiro atoms. The van der Waals surface area contributed by atoms with E-state index in [9.17, 15) is 4.79 Å². The molecule has 1 aliphatic rings. The highest BCUT2D eigenvalue weighted by Gasteiger charge is 2.33. The van der Waals surface area contributed by atoms with Crippen molar-refractivity contribution in [2.45, 2.75) is 18.9 Å². The van der Waals surface area contributed by atoms with Gasteiger partial charge in [-0.1, -0.05) is 66.8 Å². The molecule has 0 N–H and O–H groups in total. The van der Waals surface area contributed by atoms with E-state index in [1.54, 1.807) is 4.90 Å². The zero-order valence-electron chi connectivity index (χ0n) is 13.8. The van der Waals surface area contributed by atoms with Gasteiger partial charge < -0.3 is 4.74 Å². The summed E-state index contributed by atoms with van der Waals surface area (Å²) in [5.74, 6) is -0.0137. The minimum Gasteiger partial charge on any atom is -0.449 e. The molecule has 0 radical (unpaired) electrons. The first kappa shape index (κ1) is 16.1. The molecule has 3 heteroatoms. The first-order valence-corrected chi connectivity index (χ1v) is 8.17. The standard InChI is InChI=1S/C21H21NO2/c1-3-18(16-10-6-5-7-11-16)20-15-14-17-12-8-9-13-19(17)22(20)21(23)24-4-2/h3,5-15,18,20H,1,4H2,2H3. The molecule has 0 fully saturated rings. The SMILES string of the molecule is C=CC(c1ccccc1)C1C=Cc2ccccc2N1C(=O)OCC. The van der Waals surface area contributed by atoms with Crippen LogP contribution in [0.2, 0.25) is 0 Å². The van der Waals surface area contributed by atoms with E-state index >= 15 is 0 Å². The van der Waals surface area contributed by atoms with Gasteiger partial charge in [0.15, 0.2) is 0 Å². The van der Waals surface area contributed by atoms with Crippen LogP contribution >= 0.6 is 0 Å². The predicted octanol–water partition coefficient (Wildman–Crippen LogP) is 5.01. The quantitative estimate of drug-likeness (QED) is 0.741. The van der Waals surface area contributed by atoms with Crippen molar-refractivity contribution in [1.82, 2.24) is 0 Å². The highest BCUT2D eigenvalue weighted by atomic mass is 16.6. The van der Waals surface area contributed by atoms with Crippen molar-refractivity contribution in [3.05, 3.63) is 84.5 Å². The lowest BCUT2D eigenvalue weighted by atomic mass is 9.87. The fourth-order valence-electron chi connectivity index (χ4n) is 3.14. The van der Waals surface area contributed by atoms with Crippen LogP contribution in [-0.4, -0.2) is 18.7 Å². The molecule has 0 saturated heterocycles. The minimum atomic E-state index is -0.331. The molecule has 1 amide bonds. The summed E-state index contributed by atoms with van der Waals surface area (Å²) < 4.78 is 5.32. The van der Waals surface area contributed by atoms with Crippen LogP contribution in [0.4, 0.5) is 10.5 Å². The first-order chi connectivity index (χ1) is 11.8. The molecule has 24 heavy (non-hydrogen) atoms. The second-order valence-corrected chi connectivity index (χ2v) is 5.65. The zero-order chi connectivity index (χ0) is 16.9. The normalized spacial score (nSPS) is 17.0. The highest BCUT2D eigenvalue weighted by Crippen LogP contribution is 2.36. The van der Waals surface area contributed by atoms with Crippen molar-refractivity contribution in [2.75, 3.05) is 11.5 Å². The monoisotopic (exact) mass is 319 g/mol. The molecule has 2 unspecified atom stereocenters. The number of carbonyl (C=O) groups excluding carboxylic acids is 1. The molecular formula is C21H21NO2. The van der Waals surface area contributed by atoms with Crippen molar-refractivity contribution in [3.8, 4) is 0 Å². The highest BCUT2D eigenvalue weighted by molar-refractivity contribution is 5.94. The molecule has 3 rings (SSSR count). The van der Waals surface area contributed by atoms with E-state index < -0.39 is 0 Å². The number of hydrogen-bond acceptors (Lipinski definition) is 2. The van der Waals surface area contributed by atoms with Gasteiger partial charge in [-0.2, -0.15) is 0 Å². The zero-order valence-corrected chi connectivity index (χ0v) is 13.8. The minimum absolute atomic E-state index is 0.0137. The number of fused-ring (bicyclic) bond motifs is 1. The molecule has 1 aliphatic heterocycles. The van der Waals surface area contributed by atoms with Crippen LogP contribution in [0, 0.1) is 0 Å². The Morgan fingerprint density at radius 1 is 1.21 bits per heavy atom. The number of hydrogen-bond donors (Lipinski definition) is 0. The summed E-state index contributed by atoms with van der Waals surface area (Å²) in [6.07, 6.45) is 5.68. The summed E-state index contributed by atoms with van der Waals surface area (Å²) in [6.45, 7) is 6.16. The Hall–Kier alpha value is -2.81. The number of amides is 1. The van der Waals surface area contributed by atoms with Crippen LogP contribution in [0.3, 0.4) is 0 Å². The Balaban J connectivity index is 2.05. The Bertz CT molecular complexity index is 751. The van der Waals surface area contributed by atoms with Gasteiger partial charge in [-0.05, 0) is 24.1 Å². The van der Waals surface area contributed by atoms with Crippen LogP contribution in [0.5, 0.6) is 0 Å². The predicted molar refractivity (Wildman–Crippen MR) is 98.1 cm³/mol. The van der Waals surface area contributed by atoms with E-state index in [1.165, 1.54) is 0 Å². The molecule has 0 aliphatic carbocycles. The summed E-state index contributed by atoms with van der Waals surface area (Å²) in [7, 11) is 0. The average Bonchev–Trinajstić information content (AvgIpc) is 2.63. The van der Waals surface area contributed by atoms with E-state index in [1.807, 2.05) is 55.5 Å². The molecule has 2 atom stereocenters. The fraction of sp³-hybridized carbons (Fsp3) is 0.190. The second kappa shape index (κ2) is 7.18. The Morgan fingerprint density at radius 2 is 1.92 bits per heavy atom. The van der Waals surface area contributed by atoms with Gasteiger partial charge in [0.25, 0.3) is 0 Å². The maximum Gasteiger partial charge on any atom is 0.414 e. The topological polar surface area (TPSA) is 29.5 Å². The molecule has 0 saturated carbocycles. The largest absolute Gasteiger partial charge is 0.449 e. The van der Waals surface area contributed by atoms with Crippen molar-refractivity contribution in [1.29, 1.82) is 0 Å². The van der Waals surface area contributed by atoms with Gasteiger partial charge >= 0.3 is 6.09 Å². The van der Waals surface area contributed by atoms with Crippen molar-refractivity contribution in [2.24, 2.45) is 0 Å². The lowest BCUT2D eigenvalue weighted by Crippen LogP contribution is -2.44. The van der Waals surface area contributed by atoms with Crippen LogP contribution in [-0.2, 0) is 4.74 Å². The third-order valence-corrected chi connectivity index (χ3v) is 4.24. The van der Waals surface area contributed by atoms with Gasteiger partial charge in [-0.25, -0.2) is 4.79 Å². The number of anilines is 1. The van der Waals surface area contributed by atoms with E-state index in [-0.39, 0.29) is 18.1 Å². The fourth-order valence-corrected chi connectivity index (χ4v) is 3.14. The summed E-state index contributed by atoms with van der Waals surface area (Å²) >= 11 is 0. The Morgan fingerprint density at radius 3 is 2.62 bits per heavy atom. The molecule has 2 aromatic carbocycles. The molecule has 3 nitrogen and oxygen atoms in total. The molecule has 122 valence electrons. The van der Waals surface area contributed by atoms with Crippen LogP contribution in [0.25, 0.3) is 6.08 Å². The van der Waals surface area contributed by atoms with Gasteiger partial charge in [0.05, 0.1) is 18.3 Å². The lowest BCUT2D eigenvalue weighted by molar-refractivity contribution is 0.157.